The van der Waals surface area contributed by atoms with Crippen molar-refractivity contribution >= 4 is 23.5 Å². The number of nitrogens with zero attached hydrogens (tertiary/aromatic N) is 6. The number of hydrogen-bond acceptors (Lipinski definition) is 4. The van der Waals surface area contributed by atoms with Crippen LogP contribution in [0.3, 0.4) is 0 Å². The van der Waals surface area contributed by atoms with E-state index in [2.05, 4.69) is 10.2 Å². The van der Waals surface area contributed by atoms with Gasteiger partial charge in [0.25, 0.3) is 0 Å². The molecule has 2 aromatic heterocycles. The van der Waals surface area contributed by atoms with Crippen molar-refractivity contribution in [3.63, 3.8) is 0 Å². The molecule has 114 valence electrons. The van der Waals surface area contributed by atoms with Gasteiger partial charge in [-0.3, -0.25) is 9.58 Å². The fourth-order valence-electron chi connectivity index (χ4n) is 2.56. The summed E-state index contributed by atoms with van der Waals surface area (Å²) in [5.74, 6) is 0.482. The zero-order valence-electron chi connectivity index (χ0n) is 11.8. The molecule has 0 fully saturated rings. The molecule has 0 unspecified atom stereocenters. The second kappa shape index (κ2) is 5.35. The molecule has 22 heavy (non-hydrogen) atoms. The van der Waals surface area contributed by atoms with Crippen molar-refractivity contribution in [3.8, 4) is 11.9 Å². The average molecular weight is 321 g/mol. The molecule has 3 rings (SSSR count). The number of rotatable bonds is 2. The highest BCUT2D eigenvalue weighted by Crippen LogP contribution is 2.31. The average Bonchev–Trinajstić information content (AvgIpc) is 3.08. The molecule has 0 saturated heterocycles. The number of aromatic nitrogens is 4. The van der Waals surface area contributed by atoms with Gasteiger partial charge < -0.3 is 5.11 Å². The summed E-state index contributed by atoms with van der Waals surface area (Å²) in [4.78, 5) is 12.2. The van der Waals surface area contributed by atoms with Gasteiger partial charge in [0.1, 0.15) is 16.7 Å². The first-order chi connectivity index (χ1) is 10.5. The molecular formula is C13H13ClN6O2. The molecule has 0 aliphatic carbocycles. The summed E-state index contributed by atoms with van der Waals surface area (Å²) in [6.45, 7) is 0.769. The molecule has 0 spiro atoms. The Morgan fingerprint density at radius 1 is 1.55 bits per heavy atom. The van der Waals surface area contributed by atoms with Crippen LogP contribution in [0.4, 0.5) is 10.6 Å². The van der Waals surface area contributed by atoms with Crippen molar-refractivity contribution in [2.45, 2.75) is 25.8 Å². The first kappa shape index (κ1) is 14.4. The van der Waals surface area contributed by atoms with E-state index in [0.29, 0.717) is 10.8 Å². The Bertz CT molecular complexity index is 787. The number of amides is 1. The number of hydrogen-bond donors (Lipinski definition) is 1. The highest BCUT2D eigenvalue weighted by atomic mass is 35.5. The standard InChI is InChI=1S/C13H13ClN6O2/c1-18(13(21)22)12-8(6-15)7-16-20(12)11-10(14)9-4-2-3-5-19(9)17-11/h7H,2-5H2,1H3,(H,21,22). The van der Waals surface area contributed by atoms with Crippen LogP contribution in [0.25, 0.3) is 5.82 Å². The van der Waals surface area contributed by atoms with Crippen molar-refractivity contribution in [1.29, 1.82) is 5.26 Å². The third-order valence-corrected chi connectivity index (χ3v) is 4.07. The summed E-state index contributed by atoms with van der Waals surface area (Å²) in [6.07, 6.45) is 2.99. The van der Waals surface area contributed by atoms with Crippen LogP contribution in [0, 0.1) is 11.3 Å². The van der Waals surface area contributed by atoms with Gasteiger partial charge in [0.15, 0.2) is 11.6 Å². The van der Waals surface area contributed by atoms with Crippen LogP contribution in [0.1, 0.15) is 24.1 Å². The number of nitriles is 1. The van der Waals surface area contributed by atoms with Gasteiger partial charge in [0.2, 0.25) is 0 Å². The maximum atomic E-state index is 11.2. The topological polar surface area (TPSA) is 100.0 Å². The van der Waals surface area contributed by atoms with Gasteiger partial charge in [0.05, 0.1) is 11.9 Å². The summed E-state index contributed by atoms with van der Waals surface area (Å²) in [5.41, 5.74) is 1.06. The minimum atomic E-state index is -1.20. The van der Waals surface area contributed by atoms with Crippen molar-refractivity contribution < 1.29 is 9.90 Å². The predicted molar refractivity (Wildman–Crippen MR) is 78.4 cm³/mol. The summed E-state index contributed by atoms with van der Waals surface area (Å²) < 4.78 is 3.12. The monoisotopic (exact) mass is 320 g/mol. The number of carboxylic acid groups (broad SMARTS) is 1. The van der Waals surface area contributed by atoms with E-state index in [1.807, 2.05) is 10.8 Å². The minimum Gasteiger partial charge on any atom is -0.465 e. The van der Waals surface area contributed by atoms with Crippen LogP contribution in [0.15, 0.2) is 6.20 Å². The SMILES string of the molecule is CN(C(=O)O)c1c(C#N)cnn1-c1nn2c(c1Cl)CCCC2. The Morgan fingerprint density at radius 3 is 2.95 bits per heavy atom. The molecule has 1 aliphatic rings. The van der Waals surface area contributed by atoms with E-state index in [9.17, 15) is 9.90 Å². The van der Waals surface area contributed by atoms with E-state index in [0.717, 1.165) is 36.4 Å². The molecule has 3 heterocycles. The summed E-state index contributed by atoms with van der Waals surface area (Å²) in [6, 6.07) is 1.94. The number of fused-ring (bicyclic) bond motifs is 1. The van der Waals surface area contributed by atoms with Gasteiger partial charge in [-0.1, -0.05) is 11.6 Å². The Hall–Kier alpha value is -2.53. The summed E-state index contributed by atoms with van der Waals surface area (Å²) in [5, 5.41) is 27.3. The lowest BCUT2D eigenvalue weighted by atomic mass is 10.1. The van der Waals surface area contributed by atoms with Gasteiger partial charge in [-0.25, -0.2) is 4.79 Å². The molecule has 0 bridgehead atoms. The van der Waals surface area contributed by atoms with Crippen molar-refractivity contribution in [2.75, 3.05) is 11.9 Å². The van der Waals surface area contributed by atoms with Gasteiger partial charge in [-0.15, -0.1) is 0 Å². The predicted octanol–water partition coefficient (Wildman–Crippen LogP) is 2.04. The van der Waals surface area contributed by atoms with Crippen LogP contribution in [-0.2, 0) is 13.0 Å². The smallest absolute Gasteiger partial charge is 0.412 e. The molecule has 1 amide bonds. The Kier molecular flexibility index (Phi) is 3.50. The van der Waals surface area contributed by atoms with Gasteiger partial charge in [-0.2, -0.15) is 20.1 Å². The van der Waals surface area contributed by atoms with Gasteiger partial charge in [0, 0.05) is 13.6 Å². The number of anilines is 1. The number of halogens is 1. The molecule has 0 saturated carbocycles. The van der Waals surface area contributed by atoms with E-state index in [4.69, 9.17) is 16.9 Å². The molecular weight excluding hydrogens is 308 g/mol. The maximum absolute atomic E-state index is 11.2. The quantitative estimate of drug-likeness (QED) is 0.912. The first-order valence-corrected chi connectivity index (χ1v) is 7.12. The summed E-state index contributed by atoms with van der Waals surface area (Å²) in [7, 11) is 1.35. The lowest BCUT2D eigenvalue weighted by Gasteiger charge is -2.14. The number of carbonyl (C=O) groups is 1. The van der Waals surface area contributed by atoms with Crippen LogP contribution < -0.4 is 4.90 Å². The lowest BCUT2D eigenvalue weighted by Crippen LogP contribution is -2.27. The second-order valence-corrected chi connectivity index (χ2v) is 5.39. The fourth-order valence-corrected chi connectivity index (χ4v) is 2.87. The normalized spacial score (nSPS) is 13.5. The molecule has 2 aromatic rings. The van der Waals surface area contributed by atoms with Crippen molar-refractivity contribution in [2.24, 2.45) is 0 Å². The number of aryl methyl sites for hydroxylation is 1. The van der Waals surface area contributed by atoms with E-state index < -0.39 is 6.09 Å². The molecule has 0 radical (unpaired) electrons. The lowest BCUT2D eigenvalue weighted by molar-refractivity contribution is 0.203. The van der Waals surface area contributed by atoms with E-state index in [-0.39, 0.29) is 11.4 Å². The van der Waals surface area contributed by atoms with Crippen LogP contribution in [-0.4, -0.2) is 37.8 Å². The summed E-state index contributed by atoms with van der Waals surface area (Å²) >= 11 is 6.39. The molecule has 9 heteroatoms. The highest BCUT2D eigenvalue weighted by molar-refractivity contribution is 6.33. The largest absolute Gasteiger partial charge is 0.465 e. The van der Waals surface area contributed by atoms with Crippen LogP contribution >= 0.6 is 11.6 Å². The highest BCUT2D eigenvalue weighted by Gasteiger charge is 2.26. The zero-order chi connectivity index (χ0) is 15.9. The van der Waals surface area contributed by atoms with E-state index >= 15 is 0 Å². The molecule has 1 aliphatic heterocycles. The maximum Gasteiger partial charge on any atom is 0.412 e. The van der Waals surface area contributed by atoms with Crippen molar-refractivity contribution in [1.82, 2.24) is 19.6 Å². The molecule has 8 nitrogen and oxygen atoms in total. The molecule has 0 atom stereocenters. The first-order valence-electron chi connectivity index (χ1n) is 6.75. The van der Waals surface area contributed by atoms with Crippen LogP contribution in [0.2, 0.25) is 5.02 Å². The second-order valence-electron chi connectivity index (χ2n) is 5.01. The third-order valence-electron chi connectivity index (χ3n) is 3.68. The Balaban J connectivity index is 2.18. The Morgan fingerprint density at radius 2 is 2.32 bits per heavy atom. The Labute approximate surface area is 131 Å². The third kappa shape index (κ3) is 2.10. The van der Waals surface area contributed by atoms with E-state index in [1.165, 1.54) is 17.9 Å². The fraction of sp³-hybridized carbons (Fsp3) is 0.385. The van der Waals surface area contributed by atoms with Gasteiger partial charge >= 0.3 is 6.09 Å². The van der Waals surface area contributed by atoms with Crippen LogP contribution in [0.5, 0.6) is 0 Å². The zero-order valence-corrected chi connectivity index (χ0v) is 12.6. The molecule has 0 aromatic carbocycles. The minimum absolute atomic E-state index is 0.132. The van der Waals surface area contributed by atoms with E-state index in [1.54, 1.807) is 0 Å². The molecule has 1 N–H and O–H groups in total. The van der Waals surface area contributed by atoms with Crippen molar-refractivity contribution in [3.05, 3.63) is 22.5 Å². The van der Waals surface area contributed by atoms with Gasteiger partial charge in [-0.05, 0) is 19.3 Å².